The van der Waals surface area contributed by atoms with Gasteiger partial charge in [0, 0.05) is 0 Å². The van der Waals surface area contributed by atoms with E-state index in [1.165, 1.54) is 0 Å². The van der Waals surface area contributed by atoms with Gasteiger partial charge in [-0.15, -0.1) is 0 Å². The SMILES string of the molecule is FCC(F)C(F)(F)CC(F)F. The van der Waals surface area contributed by atoms with Crippen LogP contribution in [0.25, 0.3) is 0 Å². The number of hydrogen-bond donors (Lipinski definition) is 0. The van der Waals surface area contributed by atoms with Crippen LogP contribution >= 0.6 is 0 Å². The van der Waals surface area contributed by atoms with Crippen molar-refractivity contribution in [1.29, 1.82) is 0 Å². The summed E-state index contributed by atoms with van der Waals surface area (Å²) in [6, 6.07) is 0. The molecular formula is C5H6F6. The highest BCUT2D eigenvalue weighted by Crippen LogP contribution is 2.28. The minimum Gasteiger partial charge on any atom is -0.248 e. The summed E-state index contributed by atoms with van der Waals surface area (Å²) in [5.41, 5.74) is 0. The molecule has 0 aliphatic carbocycles. The van der Waals surface area contributed by atoms with E-state index in [0.29, 0.717) is 0 Å². The molecule has 11 heavy (non-hydrogen) atoms. The van der Waals surface area contributed by atoms with Crippen LogP contribution in [0.2, 0.25) is 0 Å². The van der Waals surface area contributed by atoms with E-state index in [9.17, 15) is 26.3 Å². The highest BCUT2D eigenvalue weighted by molar-refractivity contribution is 4.76. The van der Waals surface area contributed by atoms with Crippen molar-refractivity contribution in [2.75, 3.05) is 6.67 Å². The third kappa shape index (κ3) is 3.48. The Morgan fingerprint density at radius 3 is 1.82 bits per heavy atom. The van der Waals surface area contributed by atoms with E-state index >= 15 is 0 Å². The lowest BCUT2D eigenvalue weighted by molar-refractivity contribution is -0.112. The molecule has 0 N–H and O–H groups in total. The molecule has 0 spiro atoms. The van der Waals surface area contributed by atoms with Gasteiger partial charge in [-0.25, -0.2) is 26.3 Å². The maximum atomic E-state index is 12.0. The van der Waals surface area contributed by atoms with Crippen LogP contribution in [-0.2, 0) is 0 Å². The lowest BCUT2D eigenvalue weighted by Crippen LogP contribution is -2.33. The molecule has 68 valence electrons. The van der Waals surface area contributed by atoms with Crippen LogP contribution in [0.5, 0.6) is 0 Å². The third-order valence-corrected chi connectivity index (χ3v) is 1.02. The zero-order valence-electron chi connectivity index (χ0n) is 5.34. The van der Waals surface area contributed by atoms with Crippen molar-refractivity contribution in [3.05, 3.63) is 0 Å². The molecule has 0 aromatic carbocycles. The lowest BCUT2D eigenvalue weighted by Gasteiger charge is -2.17. The highest BCUT2D eigenvalue weighted by atomic mass is 19.3. The molecule has 0 heterocycles. The Morgan fingerprint density at radius 2 is 1.55 bits per heavy atom. The molecule has 0 aliphatic heterocycles. The normalized spacial score (nSPS) is 15.5. The molecule has 6 heteroatoms. The van der Waals surface area contributed by atoms with Crippen molar-refractivity contribution in [2.24, 2.45) is 0 Å². The van der Waals surface area contributed by atoms with Gasteiger partial charge in [-0.1, -0.05) is 0 Å². The second-order valence-electron chi connectivity index (χ2n) is 1.98. The summed E-state index contributed by atoms with van der Waals surface area (Å²) in [7, 11) is 0. The maximum Gasteiger partial charge on any atom is 0.286 e. The molecule has 0 aromatic rings. The summed E-state index contributed by atoms with van der Waals surface area (Å²) in [6.07, 6.45) is -8.38. The van der Waals surface area contributed by atoms with Gasteiger partial charge < -0.3 is 0 Å². The molecule has 0 saturated heterocycles. The summed E-state index contributed by atoms with van der Waals surface area (Å²) >= 11 is 0. The van der Waals surface area contributed by atoms with Gasteiger partial charge in [-0.2, -0.15) is 0 Å². The van der Waals surface area contributed by atoms with Crippen molar-refractivity contribution in [2.45, 2.75) is 24.9 Å². The first kappa shape index (κ1) is 10.6. The van der Waals surface area contributed by atoms with E-state index in [4.69, 9.17) is 0 Å². The van der Waals surface area contributed by atoms with Crippen LogP contribution in [-0.4, -0.2) is 25.2 Å². The molecule has 0 aromatic heterocycles. The predicted octanol–water partition coefficient (Wildman–Crippen LogP) is 2.58. The van der Waals surface area contributed by atoms with Crippen LogP contribution in [0.1, 0.15) is 6.42 Å². The summed E-state index contributed by atoms with van der Waals surface area (Å²) in [6.45, 7) is -1.94. The molecule has 0 nitrogen and oxygen atoms in total. The Bertz CT molecular complexity index is 112. The Kier molecular flexibility index (Phi) is 3.68. The quantitative estimate of drug-likeness (QED) is 0.583. The van der Waals surface area contributed by atoms with Crippen LogP contribution in [0.15, 0.2) is 0 Å². The monoisotopic (exact) mass is 180 g/mol. The third-order valence-electron chi connectivity index (χ3n) is 1.02. The maximum absolute atomic E-state index is 12.0. The van der Waals surface area contributed by atoms with Gasteiger partial charge in [0.1, 0.15) is 6.67 Å². The van der Waals surface area contributed by atoms with E-state index in [0.717, 1.165) is 0 Å². The number of rotatable bonds is 4. The van der Waals surface area contributed by atoms with Crippen molar-refractivity contribution in [1.82, 2.24) is 0 Å². The average Bonchev–Trinajstić information content (AvgIpc) is 1.83. The Labute approximate surface area is 59.2 Å². The Morgan fingerprint density at radius 1 is 1.09 bits per heavy atom. The van der Waals surface area contributed by atoms with E-state index < -0.39 is 31.6 Å². The van der Waals surface area contributed by atoms with E-state index in [2.05, 4.69) is 0 Å². The standard InChI is InChI=1S/C5H6F6/c6-2-3(7)5(10,11)1-4(8)9/h3-4H,1-2H2. The van der Waals surface area contributed by atoms with Crippen molar-refractivity contribution < 1.29 is 26.3 Å². The first-order valence-electron chi connectivity index (χ1n) is 2.76. The number of alkyl halides is 6. The van der Waals surface area contributed by atoms with Gasteiger partial charge in [0.2, 0.25) is 6.43 Å². The topological polar surface area (TPSA) is 0 Å². The van der Waals surface area contributed by atoms with Gasteiger partial charge in [0.15, 0.2) is 6.17 Å². The van der Waals surface area contributed by atoms with E-state index in [1.54, 1.807) is 0 Å². The Hall–Kier alpha value is -0.420. The molecule has 0 fully saturated rings. The first-order valence-corrected chi connectivity index (χ1v) is 2.76. The van der Waals surface area contributed by atoms with Gasteiger partial charge in [-0.05, 0) is 0 Å². The molecule has 0 rings (SSSR count). The molecular weight excluding hydrogens is 174 g/mol. The van der Waals surface area contributed by atoms with Gasteiger partial charge in [0.25, 0.3) is 5.92 Å². The molecule has 1 atom stereocenters. The fourth-order valence-corrected chi connectivity index (χ4v) is 0.446. The van der Waals surface area contributed by atoms with Crippen LogP contribution < -0.4 is 0 Å². The molecule has 0 radical (unpaired) electrons. The number of halogens is 6. The smallest absolute Gasteiger partial charge is 0.248 e. The van der Waals surface area contributed by atoms with Gasteiger partial charge >= 0.3 is 0 Å². The number of hydrogen-bond acceptors (Lipinski definition) is 0. The fraction of sp³-hybridized carbons (Fsp3) is 1.00. The van der Waals surface area contributed by atoms with Crippen molar-refractivity contribution in [3.8, 4) is 0 Å². The zero-order chi connectivity index (χ0) is 9.07. The minimum atomic E-state index is -4.26. The van der Waals surface area contributed by atoms with Crippen LogP contribution in [0.4, 0.5) is 26.3 Å². The lowest BCUT2D eigenvalue weighted by atomic mass is 10.1. The summed E-state index contributed by atoms with van der Waals surface area (Å²) in [5.74, 6) is -4.26. The zero-order valence-corrected chi connectivity index (χ0v) is 5.34. The summed E-state index contributed by atoms with van der Waals surface area (Å²) in [4.78, 5) is 0. The summed E-state index contributed by atoms with van der Waals surface area (Å²) < 4.78 is 69.5. The van der Waals surface area contributed by atoms with Crippen molar-refractivity contribution >= 4 is 0 Å². The van der Waals surface area contributed by atoms with E-state index in [1.807, 2.05) is 0 Å². The minimum absolute atomic E-state index is 1.93. The fourth-order valence-electron chi connectivity index (χ4n) is 0.446. The second-order valence-corrected chi connectivity index (χ2v) is 1.98. The highest BCUT2D eigenvalue weighted by Gasteiger charge is 2.42. The van der Waals surface area contributed by atoms with Gasteiger partial charge in [-0.3, -0.25) is 0 Å². The summed E-state index contributed by atoms with van der Waals surface area (Å²) in [5, 5.41) is 0. The molecule has 0 aliphatic rings. The van der Waals surface area contributed by atoms with E-state index in [-0.39, 0.29) is 0 Å². The van der Waals surface area contributed by atoms with Crippen LogP contribution in [0.3, 0.4) is 0 Å². The molecule has 1 unspecified atom stereocenters. The largest absolute Gasteiger partial charge is 0.286 e. The van der Waals surface area contributed by atoms with Crippen molar-refractivity contribution in [3.63, 3.8) is 0 Å². The molecule has 0 bridgehead atoms. The van der Waals surface area contributed by atoms with Gasteiger partial charge in [0.05, 0.1) is 6.42 Å². The second kappa shape index (κ2) is 3.82. The predicted molar refractivity (Wildman–Crippen MR) is 26.4 cm³/mol. The average molecular weight is 180 g/mol. The first-order chi connectivity index (χ1) is 4.90. The van der Waals surface area contributed by atoms with Crippen LogP contribution in [0, 0.1) is 0 Å². The molecule has 0 saturated carbocycles. The molecule has 0 amide bonds. The Balaban J connectivity index is 3.98.